The van der Waals surface area contributed by atoms with E-state index in [-0.39, 0.29) is 0 Å². The number of aryl methyl sites for hydroxylation is 2. The number of rotatable bonds is 4. The Morgan fingerprint density at radius 1 is 0.950 bits per heavy atom. The Kier molecular flexibility index (Phi) is 3.33. The third-order valence-corrected chi connectivity index (χ3v) is 3.07. The van der Waals surface area contributed by atoms with Gasteiger partial charge < -0.3 is 8.83 Å². The Morgan fingerprint density at radius 2 is 1.60 bits per heavy atom. The summed E-state index contributed by atoms with van der Waals surface area (Å²) in [5.41, 5.74) is 3.25. The van der Waals surface area contributed by atoms with Crippen LogP contribution >= 0.6 is 0 Å². The summed E-state index contributed by atoms with van der Waals surface area (Å²) in [5.74, 6) is 1.04. The zero-order valence-electron chi connectivity index (χ0n) is 11.5. The fraction of sp³-hybridized carbons (Fsp3) is 0.267. The molecule has 5 heteroatoms. The molecule has 3 heterocycles. The maximum Gasteiger partial charge on any atom is 0.246 e. The molecule has 0 aliphatic carbocycles. The minimum Gasteiger partial charge on any atom is -0.444 e. The van der Waals surface area contributed by atoms with Gasteiger partial charge in [-0.15, -0.1) is 0 Å². The van der Waals surface area contributed by atoms with Crippen LogP contribution in [0.2, 0.25) is 0 Å². The molecule has 0 atom stereocenters. The van der Waals surface area contributed by atoms with E-state index >= 15 is 0 Å². The third-order valence-electron chi connectivity index (χ3n) is 3.07. The fourth-order valence-electron chi connectivity index (χ4n) is 1.92. The van der Waals surface area contributed by atoms with E-state index in [0.717, 1.165) is 29.8 Å². The third kappa shape index (κ3) is 2.22. The first-order valence-corrected chi connectivity index (χ1v) is 6.66. The molecule has 0 fully saturated rings. The second-order valence-electron chi connectivity index (χ2n) is 4.39. The fourth-order valence-corrected chi connectivity index (χ4v) is 1.92. The van der Waals surface area contributed by atoms with E-state index in [4.69, 9.17) is 8.83 Å². The van der Waals surface area contributed by atoms with Gasteiger partial charge in [0.25, 0.3) is 0 Å². The quantitative estimate of drug-likeness (QED) is 0.725. The van der Waals surface area contributed by atoms with E-state index in [9.17, 15) is 0 Å². The molecule has 3 aromatic heterocycles. The van der Waals surface area contributed by atoms with Crippen molar-refractivity contribution in [1.29, 1.82) is 0 Å². The van der Waals surface area contributed by atoms with Crippen LogP contribution in [0.25, 0.3) is 23.0 Å². The molecule has 0 aliphatic rings. The summed E-state index contributed by atoms with van der Waals surface area (Å²) >= 11 is 0. The molecule has 0 radical (unpaired) electrons. The van der Waals surface area contributed by atoms with Gasteiger partial charge in [-0.2, -0.15) is 0 Å². The van der Waals surface area contributed by atoms with Crippen LogP contribution in [0, 0.1) is 0 Å². The molecule has 3 aromatic rings. The molecule has 0 spiro atoms. The van der Waals surface area contributed by atoms with E-state index < -0.39 is 0 Å². The van der Waals surface area contributed by atoms with Crippen molar-refractivity contribution in [2.75, 3.05) is 0 Å². The highest BCUT2D eigenvalue weighted by molar-refractivity contribution is 5.71. The summed E-state index contributed by atoms with van der Waals surface area (Å²) in [5, 5.41) is 0. The Morgan fingerprint density at radius 3 is 2.25 bits per heavy atom. The van der Waals surface area contributed by atoms with Crippen molar-refractivity contribution >= 4 is 0 Å². The molecule has 0 unspecified atom stereocenters. The van der Waals surface area contributed by atoms with Crippen molar-refractivity contribution in [1.82, 2.24) is 15.0 Å². The molecule has 0 N–H and O–H groups in total. The number of pyridine rings is 1. The first-order chi connectivity index (χ1) is 9.81. The molecule has 0 aromatic carbocycles. The summed E-state index contributed by atoms with van der Waals surface area (Å²) in [7, 11) is 0. The van der Waals surface area contributed by atoms with E-state index in [1.807, 2.05) is 26.0 Å². The van der Waals surface area contributed by atoms with Gasteiger partial charge in [0.15, 0.2) is 0 Å². The minimum absolute atomic E-state index is 0.494. The Labute approximate surface area is 116 Å². The van der Waals surface area contributed by atoms with Crippen molar-refractivity contribution in [2.24, 2.45) is 0 Å². The van der Waals surface area contributed by atoms with Gasteiger partial charge in [0.1, 0.15) is 18.2 Å². The highest BCUT2D eigenvalue weighted by Crippen LogP contribution is 2.29. The summed E-state index contributed by atoms with van der Waals surface area (Å²) in [6.07, 6.45) is 6.68. The van der Waals surface area contributed by atoms with Gasteiger partial charge in [0, 0.05) is 6.20 Å². The predicted molar refractivity (Wildman–Crippen MR) is 74.0 cm³/mol. The van der Waals surface area contributed by atoms with Crippen LogP contribution < -0.4 is 0 Å². The van der Waals surface area contributed by atoms with Crippen LogP contribution in [0.4, 0.5) is 0 Å². The van der Waals surface area contributed by atoms with Crippen LogP contribution in [-0.4, -0.2) is 15.0 Å². The van der Waals surface area contributed by atoms with E-state index in [2.05, 4.69) is 15.0 Å². The first-order valence-electron chi connectivity index (χ1n) is 6.66. The van der Waals surface area contributed by atoms with Crippen LogP contribution in [0.3, 0.4) is 0 Å². The molecule has 0 bridgehead atoms. The number of oxazole rings is 2. The summed E-state index contributed by atoms with van der Waals surface area (Å²) in [6, 6.07) is 3.75. The zero-order valence-corrected chi connectivity index (χ0v) is 11.5. The Bertz CT molecular complexity index is 654. The lowest BCUT2D eigenvalue weighted by molar-refractivity contribution is 0.563. The van der Waals surface area contributed by atoms with Crippen LogP contribution in [0.5, 0.6) is 0 Å². The molecular weight excluding hydrogens is 254 g/mol. The van der Waals surface area contributed by atoms with E-state index in [1.54, 1.807) is 18.7 Å². The van der Waals surface area contributed by atoms with Gasteiger partial charge in [0.2, 0.25) is 11.8 Å². The van der Waals surface area contributed by atoms with Gasteiger partial charge in [-0.05, 0) is 25.0 Å². The molecule has 20 heavy (non-hydrogen) atoms. The molecule has 0 aliphatic heterocycles. The first kappa shape index (κ1) is 12.6. The normalized spacial score (nSPS) is 10.9. The van der Waals surface area contributed by atoms with Gasteiger partial charge in [-0.3, -0.25) is 4.98 Å². The molecule has 5 nitrogen and oxygen atoms in total. The van der Waals surface area contributed by atoms with Crippen LogP contribution in [0.1, 0.15) is 25.2 Å². The van der Waals surface area contributed by atoms with Crippen LogP contribution in [-0.2, 0) is 12.8 Å². The minimum atomic E-state index is 0.494. The van der Waals surface area contributed by atoms with Crippen molar-refractivity contribution in [3.05, 3.63) is 42.2 Å². The summed E-state index contributed by atoms with van der Waals surface area (Å²) < 4.78 is 11.0. The average Bonchev–Trinajstić information content (AvgIpc) is 3.16. The lowest BCUT2D eigenvalue weighted by Crippen LogP contribution is -1.90. The molecule has 0 saturated heterocycles. The maximum absolute atomic E-state index is 5.52. The van der Waals surface area contributed by atoms with Gasteiger partial charge in [0.05, 0.1) is 17.0 Å². The largest absolute Gasteiger partial charge is 0.444 e. The predicted octanol–water partition coefficient (Wildman–Crippen LogP) is 3.52. The molecule has 0 amide bonds. The maximum atomic E-state index is 5.52. The molecule has 0 saturated carbocycles. The Hall–Kier alpha value is -2.43. The topological polar surface area (TPSA) is 65.0 Å². The molecule has 3 rings (SSSR count). The van der Waals surface area contributed by atoms with Gasteiger partial charge >= 0.3 is 0 Å². The smallest absolute Gasteiger partial charge is 0.246 e. The summed E-state index contributed by atoms with van der Waals surface area (Å²) in [6.45, 7) is 4.07. The highest BCUT2D eigenvalue weighted by Gasteiger charge is 2.17. The average molecular weight is 269 g/mol. The second kappa shape index (κ2) is 5.28. The number of nitrogens with zero attached hydrogens (tertiary/aromatic N) is 3. The SMILES string of the molecule is CCc1coc(-c2cccnc2-c2nc(CC)co2)n1. The molecule has 102 valence electrons. The van der Waals surface area contributed by atoms with E-state index in [0.29, 0.717) is 17.5 Å². The lowest BCUT2D eigenvalue weighted by Gasteiger charge is -2.00. The monoisotopic (exact) mass is 269 g/mol. The number of hydrogen-bond acceptors (Lipinski definition) is 5. The number of hydrogen-bond donors (Lipinski definition) is 0. The van der Waals surface area contributed by atoms with Crippen molar-refractivity contribution in [2.45, 2.75) is 26.7 Å². The Balaban J connectivity index is 2.07. The van der Waals surface area contributed by atoms with Gasteiger partial charge in [-0.1, -0.05) is 13.8 Å². The van der Waals surface area contributed by atoms with E-state index in [1.165, 1.54) is 0 Å². The summed E-state index contributed by atoms with van der Waals surface area (Å²) in [4.78, 5) is 13.2. The van der Waals surface area contributed by atoms with Crippen molar-refractivity contribution in [3.8, 4) is 23.0 Å². The van der Waals surface area contributed by atoms with Crippen molar-refractivity contribution in [3.63, 3.8) is 0 Å². The van der Waals surface area contributed by atoms with Gasteiger partial charge in [-0.25, -0.2) is 9.97 Å². The lowest BCUT2D eigenvalue weighted by atomic mass is 10.2. The highest BCUT2D eigenvalue weighted by atomic mass is 16.3. The van der Waals surface area contributed by atoms with Crippen LogP contribution in [0.15, 0.2) is 39.7 Å². The number of aromatic nitrogens is 3. The standard InChI is InChI=1S/C15H15N3O2/c1-3-10-8-19-14(17-10)12-6-5-7-16-13(12)15-18-11(4-2)9-20-15/h5-9H,3-4H2,1-2H3. The van der Waals surface area contributed by atoms with Crippen molar-refractivity contribution < 1.29 is 8.83 Å². The second-order valence-corrected chi connectivity index (χ2v) is 4.39. The zero-order chi connectivity index (χ0) is 13.9. The molecular formula is C15H15N3O2.